The van der Waals surface area contributed by atoms with Crippen LogP contribution in [-0.4, -0.2) is 32.2 Å². The van der Waals surface area contributed by atoms with Gasteiger partial charge >= 0.3 is 0 Å². The molecule has 1 aromatic carbocycles. The normalized spacial score (nSPS) is 30.6. The van der Waals surface area contributed by atoms with Gasteiger partial charge in [-0.25, -0.2) is 0 Å². The first-order valence-electron chi connectivity index (χ1n) is 6.96. The van der Waals surface area contributed by atoms with E-state index in [4.69, 9.17) is 5.73 Å². The molecule has 3 nitrogen and oxygen atoms in total. The Kier molecular flexibility index (Phi) is 2.94. The van der Waals surface area contributed by atoms with Gasteiger partial charge in [-0.3, -0.25) is 0 Å². The van der Waals surface area contributed by atoms with E-state index in [1.165, 1.54) is 24.2 Å². The molecule has 2 unspecified atom stereocenters. The Hall–Kier alpha value is -1.22. The summed E-state index contributed by atoms with van der Waals surface area (Å²) in [6, 6.07) is 10.7. The molecule has 0 amide bonds. The van der Waals surface area contributed by atoms with Crippen molar-refractivity contribution in [2.24, 2.45) is 5.73 Å². The molecule has 2 fully saturated rings. The summed E-state index contributed by atoms with van der Waals surface area (Å²) < 4.78 is 0. The van der Waals surface area contributed by atoms with Crippen molar-refractivity contribution in [2.45, 2.75) is 43.8 Å². The van der Waals surface area contributed by atoms with Crippen LogP contribution in [0.2, 0.25) is 0 Å². The van der Waals surface area contributed by atoms with E-state index in [9.17, 15) is 0 Å². The molecule has 0 saturated carbocycles. The number of hydrogen-bond donors (Lipinski definition) is 1. The number of hydrogen-bond acceptors (Lipinski definition) is 3. The van der Waals surface area contributed by atoms with Gasteiger partial charge in [0, 0.05) is 43.6 Å². The zero-order chi connectivity index (χ0) is 12.7. The summed E-state index contributed by atoms with van der Waals surface area (Å²) in [5.41, 5.74) is 8.77. The van der Waals surface area contributed by atoms with Crippen LogP contribution in [0, 0.1) is 0 Å². The lowest BCUT2D eigenvalue weighted by Gasteiger charge is -2.39. The molecule has 0 spiro atoms. The van der Waals surface area contributed by atoms with Crippen LogP contribution in [0.4, 0.5) is 11.4 Å². The van der Waals surface area contributed by atoms with Crippen molar-refractivity contribution in [3.05, 3.63) is 24.3 Å². The molecule has 2 aliphatic rings. The quantitative estimate of drug-likeness (QED) is 0.867. The van der Waals surface area contributed by atoms with E-state index in [1.54, 1.807) is 0 Å². The Bertz CT molecular complexity index is 398. The standard InChI is InChI=1S/C15H23N3/c1-17(2)12-3-5-13(6-4-12)18-14-7-8-15(18)10-11(16)9-14/h3-6,11,14-15H,7-10,16H2,1-2H3. The van der Waals surface area contributed by atoms with Crippen molar-refractivity contribution in [1.29, 1.82) is 0 Å². The summed E-state index contributed by atoms with van der Waals surface area (Å²) in [4.78, 5) is 4.76. The van der Waals surface area contributed by atoms with Gasteiger partial charge in [0.05, 0.1) is 0 Å². The molecule has 2 heterocycles. The lowest BCUT2D eigenvalue weighted by molar-refractivity contribution is 0.414. The molecule has 1 aromatic rings. The first-order valence-corrected chi connectivity index (χ1v) is 6.96. The summed E-state index contributed by atoms with van der Waals surface area (Å²) in [6.07, 6.45) is 4.94. The molecule has 98 valence electrons. The highest BCUT2D eigenvalue weighted by Gasteiger charge is 2.39. The van der Waals surface area contributed by atoms with Crippen LogP contribution < -0.4 is 15.5 Å². The molecule has 0 aliphatic carbocycles. The number of rotatable bonds is 2. The zero-order valence-electron chi connectivity index (χ0n) is 11.3. The molecule has 3 rings (SSSR count). The molecular weight excluding hydrogens is 222 g/mol. The molecule has 18 heavy (non-hydrogen) atoms. The highest BCUT2D eigenvalue weighted by molar-refractivity contribution is 5.57. The fraction of sp³-hybridized carbons (Fsp3) is 0.600. The fourth-order valence-electron chi connectivity index (χ4n) is 3.56. The van der Waals surface area contributed by atoms with E-state index in [0.29, 0.717) is 18.1 Å². The maximum Gasteiger partial charge on any atom is 0.0372 e. The second-order valence-corrected chi connectivity index (χ2v) is 5.93. The average Bonchev–Trinajstić information content (AvgIpc) is 2.62. The van der Waals surface area contributed by atoms with Gasteiger partial charge in [-0.15, -0.1) is 0 Å². The monoisotopic (exact) mass is 245 g/mol. The minimum atomic E-state index is 0.416. The molecule has 2 N–H and O–H groups in total. The van der Waals surface area contributed by atoms with Crippen molar-refractivity contribution in [3.63, 3.8) is 0 Å². The van der Waals surface area contributed by atoms with Crippen molar-refractivity contribution in [1.82, 2.24) is 0 Å². The van der Waals surface area contributed by atoms with Gasteiger partial charge in [0.2, 0.25) is 0 Å². The van der Waals surface area contributed by atoms with E-state index in [1.807, 2.05) is 0 Å². The molecule has 3 heteroatoms. The van der Waals surface area contributed by atoms with Crippen molar-refractivity contribution >= 4 is 11.4 Å². The van der Waals surface area contributed by atoms with Gasteiger partial charge in [0.25, 0.3) is 0 Å². The van der Waals surface area contributed by atoms with Crippen molar-refractivity contribution in [2.75, 3.05) is 23.9 Å². The third-order valence-electron chi connectivity index (χ3n) is 4.43. The van der Waals surface area contributed by atoms with Crippen molar-refractivity contribution < 1.29 is 0 Å². The van der Waals surface area contributed by atoms with Crippen LogP contribution in [-0.2, 0) is 0 Å². The summed E-state index contributed by atoms with van der Waals surface area (Å²) in [5.74, 6) is 0. The topological polar surface area (TPSA) is 32.5 Å². The number of benzene rings is 1. The number of nitrogens with zero attached hydrogens (tertiary/aromatic N) is 2. The predicted molar refractivity (Wildman–Crippen MR) is 77.3 cm³/mol. The summed E-state index contributed by atoms with van der Waals surface area (Å²) >= 11 is 0. The molecule has 2 aliphatic heterocycles. The van der Waals surface area contributed by atoms with Crippen LogP contribution in [0.25, 0.3) is 0 Å². The molecular formula is C15H23N3. The van der Waals surface area contributed by atoms with Gasteiger partial charge in [0.1, 0.15) is 0 Å². The number of anilines is 2. The number of piperidine rings is 1. The van der Waals surface area contributed by atoms with Crippen LogP contribution in [0.15, 0.2) is 24.3 Å². The minimum absolute atomic E-state index is 0.416. The first-order chi connectivity index (χ1) is 8.65. The van der Waals surface area contributed by atoms with E-state index >= 15 is 0 Å². The van der Waals surface area contributed by atoms with E-state index in [2.05, 4.69) is 48.2 Å². The average molecular weight is 245 g/mol. The van der Waals surface area contributed by atoms with E-state index < -0.39 is 0 Å². The molecule has 0 aromatic heterocycles. The van der Waals surface area contributed by atoms with Gasteiger partial charge in [0.15, 0.2) is 0 Å². The summed E-state index contributed by atoms with van der Waals surface area (Å²) in [7, 11) is 4.16. The fourth-order valence-corrected chi connectivity index (χ4v) is 3.56. The SMILES string of the molecule is CN(C)c1ccc(N2C3CCC2CC(N)C3)cc1. The van der Waals surface area contributed by atoms with Crippen LogP contribution in [0.5, 0.6) is 0 Å². The zero-order valence-corrected chi connectivity index (χ0v) is 11.3. The Labute approximate surface area is 110 Å². The molecule has 2 atom stereocenters. The highest BCUT2D eigenvalue weighted by atomic mass is 15.2. The lowest BCUT2D eigenvalue weighted by Crippen LogP contribution is -2.47. The largest absolute Gasteiger partial charge is 0.378 e. The maximum absolute atomic E-state index is 6.13. The summed E-state index contributed by atoms with van der Waals surface area (Å²) in [6.45, 7) is 0. The van der Waals surface area contributed by atoms with Gasteiger partial charge in [-0.05, 0) is 49.9 Å². The van der Waals surface area contributed by atoms with Gasteiger partial charge in [-0.1, -0.05) is 0 Å². The van der Waals surface area contributed by atoms with E-state index in [0.717, 1.165) is 12.8 Å². The molecule has 2 bridgehead atoms. The summed E-state index contributed by atoms with van der Waals surface area (Å²) in [5, 5.41) is 0. The molecule has 0 radical (unpaired) electrons. The second kappa shape index (κ2) is 4.47. The Balaban J connectivity index is 1.83. The van der Waals surface area contributed by atoms with Crippen LogP contribution >= 0.6 is 0 Å². The Morgan fingerprint density at radius 3 is 2.11 bits per heavy atom. The first kappa shape index (κ1) is 11.8. The number of nitrogens with two attached hydrogens (primary N) is 1. The van der Waals surface area contributed by atoms with Crippen LogP contribution in [0.1, 0.15) is 25.7 Å². The minimum Gasteiger partial charge on any atom is -0.378 e. The van der Waals surface area contributed by atoms with Crippen LogP contribution in [0.3, 0.4) is 0 Å². The van der Waals surface area contributed by atoms with E-state index in [-0.39, 0.29) is 0 Å². The smallest absolute Gasteiger partial charge is 0.0372 e. The molecule has 2 saturated heterocycles. The number of fused-ring (bicyclic) bond motifs is 2. The maximum atomic E-state index is 6.13. The van der Waals surface area contributed by atoms with Gasteiger partial charge in [-0.2, -0.15) is 0 Å². The lowest BCUT2D eigenvalue weighted by atomic mass is 9.97. The second-order valence-electron chi connectivity index (χ2n) is 5.93. The highest BCUT2D eigenvalue weighted by Crippen LogP contribution is 2.39. The Morgan fingerprint density at radius 1 is 1.06 bits per heavy atom. The predicted octanol–water partition coefficient (Wildman–Crippen LogP) is 2.21. The van der Waals surface area contributed by atoms with Gasteiger partial charge < -0.3 is 15.5 Å². The third kappa shape index (κ3) is 1.97. The van der Waals surface area contributed by atoms with Crippen molar-refractivity contribution in [3.8, 4) is 0 Å². The Morgan fingerprint density at radius 2 is 1.61 bits per heavy atom. The third-order valence-corrected chi connectivity index (χ3v) is 4.43.